The van der Waals surface area contributed by atoms with Crippen LogP contribution in [0.3, 0.4) is 0 Å². The van der Waals surface area contributed by atoms with Crippen molar-refractivity contribution >= 4 is 11.8 Å². The smallest absolute Gasteiger partial charge is 0.338 e. The lowest BCUT2D eigenvalue weighted by Crippen LogP contribution is -2.47. The molecule has 1 fully saturated rings. The van der Waals surface area contributed by atoms with E-state index >= 15 is 0 Å². The van der Waals surface area contributed by atoms with Crippen molar-refractivity contribution in [2.24, 2.45) is 11.7 Å². The first-order chi connectivity index (χ1) is 11.0. The molecule has 128 valence electrons. The highest BCUT2D eigenvalue weighted by Crippen LogP contribution is 2.18. The van der Waals surface area contributed by atoms with Crippen molar-refractivity contribution in [1.82, 2.24) is 9.88 Å². The number of anilines is 1. The van der Waals surface area contributed by atoms with Crippen molar-refractivity contribution in [2.75, 3.05) is 44.7 Å². The largest absolute Gasteiger partial charge is 0.465 e. The van der Waals surface area contributed by atoms with Gasteiger partial charge in [0.05, 0.1) is 18.4 Å². The standard InChI is InChI=1S/C17H28N4O2/c1-13(2)4-5-20-6-8-21(9-7-20)16-11-14(17(22)23-3)10-15(12-18)19-16/h10-11,13H,4-9,12,18H2,1-3H3. The van der Waals surface area contributed by atoms with E-state index in [1.165, 1.54) is 13.5 Å². The molecule has 6 heteroatoms. The summed E-state index contributed by atoms with van der Waals surface area (Å²) in [7, 11) is 1.39. The van der Waals surface area contributed by atoms with Crippen LogP contribution in [0.4, 0.5) is 5.82 Å². The Labute approximate surface area is 138 Å². The van der Waals surface area contributed by atoms with Gasteiger partial charge < -0.3 is 15.4 Å². The van der Waals surface area contributed by atoms with Gasteiger partial charge in [-0.3, -0.25) is 4.90 Å². The van der Waals surface area contributed by atoms with E-state index in [9.17, 15) is 4.79 Å². The van der Waals surface area contributed by atoms with Crippen molar-refractivity contribution in [3.05, 3.63) is 23.4 Å². The Morgan fingerprint density at radius 1 is 1.30 bits per heavy atom. The van der Waals surface area contributed by atoms with Crippen molar-refractivity contribution in [1.29, 1.82) is 0 Å². The fraction of sp³-hybridized carbons (Fsp3) is 0.647. The summed E-state index contributed by atoms with van der Waals surface area (Å²) in [5.41, 5.74) is 6.93. The molecule has 1 aliphatic heterocycles. The number of aromatic nitrogens is 1. The van der Waals surface area contributed by atoms with Crippen LogP contribution < -0.4 is 10.6 Å². The third kappa shape index (κ3) is 4.91. The Morgan fingerprint density at radius 3 is 2.57 bits per heavy atom. The fourth-order valence-corrected chi connectivity index (χ4v) is 2.72. The molecule has 0 radical (unpaired) electrons. The predicted molar refractivity (Wildman–Crippen MR) is 91.6 cm³/mol. The molecule has 2 rings (SSSR count). The Balaban J connectivity index is 2.03. The van der Waals surface area contributed by atoms with E-state index in [-0.39, 0.29) is 5.97 Å². The van der Waals surface area contributed by atoms with E-state index in [2.05, 4.69) is 28.6 Å². The maximum atomic E-state index is 11.8. The molecule has 0 amide bonds. The van der Waals surface area contributed by atoms with E-state index in [4.69, 9.17) is 10.5 Å². The number of carbonyl (C=O) groups excluding carboxylic acids is 1. The molecule has 2 heterocycles. The summed E-state index contributed by atoms with van der Waals surface area (Å²) in [5, 5.41) is 0. The normalized spacial score (nSPS) is 16.0. The molecule has 0 aliphatic carbocycles. The second-order valence-electron chi connectivity index (χ2n) is 6.41. The first-order valence-electron chi connectivity index (χ1n) is 8.30. The number of piperazine rings is 1. The van der Waals surface area contributed by atoms with Crippen molar-refractivity contribution < 1.29 is 9.53 Å². The Morgan fingerprint density at radius 2 is 2.00 bits per heavy atom. The molecule has 1 aromatic heterocycles. The third-order valence-electron chi connectivity index (χ3n) is 4.21. The highest BCUT2D eigenvalue weighted by molar-refractivity contribution is 5.90. The zero-order valence-electron chi connectivity index (χ0n) is 14.4. The number of pyridine rings is 1. The molecule has 23 heavy (non-hydrogen) atoms. The van der Waals surface area contributed by atoms with Crippen LogP contribution >= 0.6 is 0 Å². The summed E-state index contributed by atoms with van der Waals surface area (Å²) in [6.45, 7) is 9.85. The monoisotopic (exact) mass is 320 g/mol. The van der Waals surface area contributed by atoms with Gasteiger partial charge in [-0.25, -0.2) is 9.78 Å². The first kappa shape index (κ1) is 17.7. The van der Waals surface area contributed by atoms with Crippen LogP contribution in [-0.2, 0) is 11.3 Å². The number of carbonyl (C=O) groups is 1. The van der Waals surface area contributed by atoms with Crippen LogP contribution in [0.25, 0.3) is 0 Å². The molecular weight excluding hydrogens is 292 g/mol. The maximum absolute atomic E-state index is 11.8. The molecule has 1 saturated heterocycles. The van der Waals surface area contributed by atoms with E-state index < -0.39 is 0 Å². The van der Waals surface area contributed by atoms with Gasteiger partial charge in [0.15, 0.2) is 0 Å². The number of hydrogen-bond acceptors (Lipinski definition) is 6. The minimum Gasteiger partial charge on any atom is -0.465 e. The van der Waals surface area contributed by atoms with Crippen LogP contribution in [0.2, 0.25) is 0 Å². The molecule has 0 unspecified atom stereocenters. The Hall–Kier alpha value is -1.66. The van der Waals surface area contributed by atoms with Crippen LogP contribution in [0.15, 0.2) is 12.1 Å². The molecule has 2 N–H and O–H groups in total. The van der Waals surface area contributed by atoms with Gasteiger partial charge in [0.1, 0.15) is 5.82 Å². The number of nitrogens with zero attached hydrogens (tertiary/aromatic N) is 3. The van der Waals surface area contributed by atoms with E-state index in [1.54, 1.807) is 12.1 Å². The molecule has 0 spiro atoms. The molecule has 0 atom stereocenters. The van der Waals surface area contributed by atoms with Crippen LogP contribution in [-0.4, -0.2) is 55.7 Å². The van der Waals surface area contributed by atoms with E-state index in [0.717, 1.165) is 44.5 Å². The SMILES string of the molecule is COC(=O)c1cc(CN)nc(N2CCN(CCC(C)C)CC2)c1. The molecular formula is C17H28N4O2. The van der Waals surface area contributed by atoms with Gasteiger partial charge in [0, 0.05) is 32.7 Å². The zero-order chi connectivity index (χ0) is 16.8. The molecule has 0 saturated carbocycles. The van der Waals surface area contributed by atoms with Gasteiger partial charge in [-0.15, -0.1) is 0 Å². The lowest BCUT2D eigenvalue weighted by atomic mass is 10.1. The molecule has 0 bridgehead atoms. The second kappa shape index (κ2) is 8.26. The highest BCUT2D eigenvalue weighted by atomic mass is 16.5. The minimum absolute atomic E-state index is 0.312. The van der Waals surface area contributed by atoms with Gasteiger partial charge in [-0.05, 0) is 31.0 Å². The van der Waals surface area contributed by atoms with Crippen molar-refractivity contribution in [3.63, 3.8) is 0 Å². The lowest BCUT2D eigenvalue weighted by molar-refractivity contribution is 0.0600. The summed E-state index contributed by atoms with van der Waals surface area (Å²) in [4.78, 5) is 21.1. The van der Waals surface area contributed by atoms with Gasteiger partial charge >= 0.3 is 5.97 Å². The lowest BCUT2D eigenvalue weighted by Gasteiger charge is -2.36. The molecule has 6 nitrogen and oxygen atoms in total. The Kier molecular flexibility index (Phi) is 6.36. The summed E-state index contributed by atoms with van der Waals surface area (Å²) in [6.07, 6.45) is 1.23. The molecule has 0 aromatic carbocycles. The minimum atomic E-state index is -0.348. The van der Waals surface area contributed by atoms with Gasteiger partial charge in [-0.2, -0.15) is 0 Å². The number of methoxy groups -OCH3 is 1. The number of ether oxygens (including phenoxy) is 1. The average Bonchev–Trinajstić information content (AvgIpc) is 2.59. The van der Waals surface area contributed by atoms with Gasteiger partial charge in [0.2, 0.25) is 0 Å². The summed E-state index contributed by atoms with van der Waals surface area (Å²) in [5.74, 6) is 1.20. The second-order valence-corrected chi connectivity index (χ2v) is 6.41. The van der Waals surface area contributed by atoms with Gasteiger partial charge in [0.25, 0.3) is 0 Å². The molecule has 1 aromatic rings. The fourth-order valence-electron chi connectivity index (χ4n) is 2.72. The predicted octanol–water partition coefficient (Wildman–Crippen LogP) is 1.49. The molecule has 1 aliphatic rings. The zero-order valence-corrected chi connectivity index (χ0v) is 14.4. The van der Waals surface area contributed by atoms with Crippen LogP contribution in [0.5, 0.6) is 0 Å². The van der Waals surface area contributed by atoms with Crippen LogP contribution in [0, 0.1) is 5.92 Å². The van der Waals surface area contributed by atoms with Crippen molar-refractivity contribution in [2.45, 2.75) is 26.8 Å². The third-order valence-corrected chi connectivity index (χ3v) is 4.21. The Bertz CT molecular complexity index is 525. The average molecular weight is 320 g/mol. The number of rotatable bonds is 6. The summed E-state index contributed by atoms with van der Waals surface area (Å²) in [6, 6.07) is 3.50. The first-order valence-corrected chi connectivity index (χ1v) is 8.30. The van der Waals surface area contributed by atoms with Crippen LogP contribution in [0.1, 0.15) is 36.3 Å². The summed E-state index contributed by atoms with van der Waals surface area (Å²) >= 11 is 0. The quantitative estimate of drug-likeness (QED) is 0.801. The number of nitrogens with two attached hydrogens (primary N) is 1. The highest BCUT2D eigenvalue weighted by Gasteiger charge is 2.20. The van der Waals surface area contributed by atoms with E-state index in [1.807, 2.05) is 0 Å². The maximum Gasteiger partial charge on any atom is 0.338 e. The number of hydrogen-bond donors (Lipinski definition) is 1. The van der Waals surface area contributed by atoms with Crippen molar-refractivity contribution in [3.8, 4) is 0 Å². The topological polar surface area (TPSA) is 71.7 Å². The van der Waals surface area contributed by atoms with Gasteiger partial charge in [-0.1, -0.05) is 13.8 Å². The summed E-state index contributed by atoms with van der Waals surface area (Å²) < 4.78 is 4.82. The number of esters is 1. The van der Waals surface area contributed by atoms with E-state index in [0.29, 0.717) is 17.8 Å².